The van der Waals surface area contributed by atoms with Gasteiger partial charge < -0.3 is 10.4 Å². The van der Waals surface area contributed by atoms with Crippen LogP contribution < -0.4 is 5.32 Å². The standard InChI is InChI=1S/C15H10BrNO2S/c16-14-7-9(8-20-14)15(19)17-12-5-1-4-11-10(12)3-2-6-13(11)18/h1-8,18H,(H,17,19). The minimum absolute atomic E-state index is 0.164. The number of benzene rings is 2. The molecule has 3 rings (SSSR count). The quantitative estimate of drug-likeness (QED) is 0.710. The van der Waals surface area contributed by atoms with Crippen molar-refractivity contribution < 1.29 is 9.90 Å². The van der Waals surface area contributed by atoms with E-state index >= 15 is 0 Å². The Hall–Kier alpha value is -1.85. The van der Waals surface area contributed by atoms with Gasteiger partial charge in [-0.25, -0.2) is 0 Å². The minimum atomic E-state index is -0.164. The summed E-state index contributed by atoms with van der Waals surface area (Å²) >= 11 is 4.81. The summed E-state index contributed by atoms with van der Waals surface area (Å²) in [6, 6.07) is 12.5. The van der Waals surface area contributed by atoms with Gasteiger partial charge >= 0.3 is 0 Å². The SMILES string of the molecule is O=C(Nc1cccc2c(O)cccc12)c1csc(Br)c1. The van der Waals surface area contributed by atoms with E-state index in [2.05, 4.69) is 21.2 Å². The first-order valence-corrected chi connectivity index (χ1v) is 7.58. The molecule has 3 nitrogen and oxygen atoms in total. The second kappa shape index (κ2) is 5.26. The average Bonchev–Trinajstić information content (AvgIpc) is 2.87. The second-order valence-electron chi connectivity index (χ2n) is 4.27. The van der Waals surface area contributed by atoms with Crippen molar-refractivity contribution in [1.29, 1.82) is 0 Å². The molecule has 0 atom stereocenters. The largest absolute Gasteiger partial charge is 0.507 e. The summed E-state index contributed by atoms with van der Waals surface area (Å²) in [7, 11) is 0. The van der Waals surface area contributed by atoms with Crippen molar-refractivity contribution in [1.82, 2.24) is 0 Å². The Balaban J connectivity index is 1.99. The number of hydrogen-bond donors (Lipinski definition) is 2. The number of carbonyl (C=O) groups excluding carboxylic acids is 1. The van der Waals surface area contributed by atoms with Crippen LogP contribution in [-0.4, -0.2) is 11.0 Å². The fraction of sp³-hybridized carbons (Fsp3) is 0. The monoisotopic (exact) mass is 347 g/mol. The molecule has 0 saturated carbocycles. The van der Waals surface area contributed by atoms with Crippen LogP contribution in [0.3, 0.4) is 0 Å². The number of amides is 1. The van der Waals surface area contributed by atoms with Crippen molar-refractivity contribution in [2.45, 2.75) is 0 Å². The molecule has 2 aromatic carbocycles. The van der Waals surface area contributed by atoms with Crippen molar-refractivity contribution in [2.75, 3.05) is 5.32 Å². The molecule has 0 unspecified atom stereocenters. The maximum absolute atomic E-state index is 12.2. The molecule has 2 N–H and O–H groups in total. The van der Waals surface area contributed by atoms with Crippen LogP contribution in [0.2, 0.25) is 0 Å². The van der Waals surface area contributed by atoms with E-state index in [1.165, 1.54) is 11.3 Å². The highest BCUT2D eigenvalue weighted by molar-refractivity contribution is 9.11. The summed E-state index contributed by atoms with van der Waals surface area (Å²) in [6.07, 6.45) is 0. The Morgan fingerprint density at radius 2 is 1.90 bits per heavy atom. The number of hydrogen-bond acceptors (Lipinski definition) is 3. The molecule has 0 radical (unpaired) electrons. The lowest BCUT2D eigenvalue weighted by Crippen LogP contribution is -2.10. The topological polar surface area (TPSA) is 49.3 Å². The van der Waals surface area contributed by atoms with Crippen LogP contribution in [0, 0.1) is 0 Å². The lowest BCUT2D eigenvalue weighted by atomic mass is 10.1. The number of aromatic hydroxyl groups is 1. The Bertz CT molecular complexity index is 797. The van der Waals surface area contributed by atoms with E-state index in [4.69, 9.17) is 0 Å². The van der Waals surface area contributed by atoms with E-state index < -0.39 is 0 Å². The predicted molar refractivity (Wildman–Crippen MR) is 85.6 cm³/mol. The summed E-state index contributed by atoms with van der Waals surface area (Å²) in [5, 5.41) is 16.0. The molecule has 0 saturated heterocycles. The van der Waals surface area contributed by atoms with Crippen LogP contribution in [0.15, 0.2) is 51.6 Å². The molecule has 0 aliphatic carbocycles. The van der Waals surface area contributed by atoms with E-state index in [1.807, 2.05) is 18.2 Å². The van der Waals surface area contributed by atoms with Crippen LogP contribution in [0.5, 0.6) is 5.75 Å². The first kappa shape index (κ1) is 13.1. The molecule has 0 bridgehead atoms. The highest BCUT2D eigenvalue weighted by Crippen LogP contribution is 2.30. The number of fused-ring (bicyclic) bond motifs is 1. The third-order valence-electron chi connectivity index (χ3n) is 2.98. The lowest BCUT2D eigenvalue weighted by molar-refractivity contribution is 0.102. The molecule has 3 aromatic rings. The zero-order valence-electron chi connectivity index (χ0n) is 10.3. The maximum Gasteiger partial charge on any atom is 0.256 e. The Labute approximate surface area is 128 Å². The second-order valence-corrected chi connectivity index (χ2v) is 6.56. The van der Waals surface area contributed by atoms with Crippen LogP contribution in [0.25, 0.3) is 10.8 Å². The molecule has 0 aliphatic heterocycles. The number of anilines is 1. The van der Waals surface area contributed by atoms with Gasteiger partial charge in [0.15, 0.2) is 0 Å². The molecule has 20 heavy (non-hydrogen) atoms. The van der Waals surface area contributed by atoms with Crippen molar-refractivity contribution >= 4 is 49.6 Å². The number of carbonyl (C=O) groups is 1. The van der Waals surface area contributed by atoms with Gasteiger partial charge in [-0.3, -0.25) is 4.79 Å². The van der Waals surface area contributed by atoms with Gasteiger partial charge in [0.05, 0.1) is 9.35 Å². The molecule has 0 fully saturated rings. The molecule has 1 amide bonds. The van der Waals surface area contributed by atoms with Crippen molar-refractivity contribution in [2.24, 2.45) is 0 Å². The fourth-order valence-corrected chi connectivity index (χ4v) is 3.16. The van der Waals surface area contributed by atoms with Crippen molar-refractivity contribution in [3.05, 3.63) is 57.2 Å². The van der Waals surface area contributed by atoms with E-state index in [-0.39, 0.29) is 11.7 Å². The number of nitrogens with one attached hydrogen (secondary N) is 1. The van der Waals surface area contributed by atoms with Gasteiger partial charge in [-0.2, -0.15) is 0 Å². The number of rotatable bonds is 2. The van der Waals surface area contributed by atoms with Crippen LogP contribution in [-0.2, 0) is 0 Å². The maximum atomic E-state index is 12.2. The molecule has 1 aromatic heterocycles. The third kappa shape index (κ3) is 2.42. The number of thiophene rings is 1. The highest BCUT2D eigenvalue weighted by atomic mass is 79.9. The normalized spacial score (nSPS) is 10.7. The summed E-state index contributed by atoms with van der Waals surface area (Å²) in [5.41, 5.74) is 1.30. The van der Waals surface area contributed by atoms with E-state index in [9.17, 15) is 9.90 Å². The van der Waals surface area contributed by atoms with Gasteiger partial charge in [0, 0.05) is 21.8 Å². The van der Waals surface area contributed by atoms with Gasteiger partial charge in [0.25, 0.3) is 5.91 Å². The first-order valence-electron chi connectivity index (χ1n) is 5.91. The fourth-order valence-electron chi connectivity index (χ4n) is 2.03. The van der Waals surface area contributed by atoms with Crippen LogP contribution >= 0.6 is 27.3 Å². The third-order valence-corrected chi connectivity index (χ3v) is 4.48. The smallest absolute Gasteiger partial charge is 0.256 e. The van der Waals surface area contributed by atoms with E-state index in [0.29, 0.717) is 11.3 Å². The molecular weight excluding hydrogens is 338 g/mol. The summed E-state index contributed by atoms with van der Waals surface area (Å²) in [4.78, 5) is 12.2. The zero-order chi connectivity index (χ0) is 14.1. The Morgan fingerprint density at radius 1 is 1.15 bits per heavy atom. The molecule has 100 valence electrons. The first-order chi connectivity index (χ1) is 9.65. The zero-order valence-corrected chi connectivity index (χ0v) is 12.7. The summed E-state index contributed by atoms with van der Waals surface area (Å²) in [5.74, 6) is 0.0414. The number of phenols is 1. The number of halogens is 1. The van der Waals surface area contributed by atoms with Crippen molar-refractivity contribution in [3.63, 3.8) is 0 Å². The molecule has 1 heterocycles. The highest BCUT2D eigenvalue weighted by Gasteiger charge is 2.10. The molecule has 0 spiro atoms. The molecule has 5 heteroatoms. The van der Waals surface area contributed by atoms with Crippen LogP contribution in [0.1, 0.15) is 10.4 Å². The van der Waals surface area contributed by atoms with Crippen LogP contribution in [0.4, 0.5) is 5.69 Å². The summed E-state index contributed by atoms with van der Waals surface area (Å²) in [6.45, 7) is 0. The van der Waals surface area contributed by atoms with Gasteiger partial charge in [0.1, 0.15) is 5.75 Å². The van der Waals surface area contributed by atoms with Gasteiger partial charge in [-0.05, 0) is 34.1 Å². The Kier molecular flexibility index (Phi) is 3.46. The molecule has 0 aliphatic rings. The Morgan fingerprint density at radius 3 is 2.65 bits per heavy atom. The van der Waals surface area contributed by atoms with Crippen molar-refractivity contribution in [3.8, 4) is 5.75 Å². The minimum Gasteiger partial charge on any atom is -0.507 e. The van der Waals surface area contributed by atoms with Gasteiger partial charge in [0.2, 0.25) is 0 Å². The average molecular weight is 348 g/mol. The van der Waals surface area contributed by atoms with Gasteiger partial charge in [-0.1, -0.05) is 24.3 Å². The lowest BCUT2D eigenvalue weighted by Gasteiger charge is -2.08. The predicted octanol–water partition coefficient (Wildman–Crippen LogP) is 4.62. The molecular formula is C15H10BrNO2S. The van der Waals surface area contributed by atoms with E-state index in [1.54, 1.807) is 29.6 Å². The number of phenolic OH excluding ortho intramolecular Hbond substituents is 1. The van der Waals surface area contributed by atoms with Gasteiger partial charge in [-0.15, -0.1) is 11.3 Å². The summed E-state index contributed by atoms with van der Waals surface area (Å²) < 4.78 is 0.915. The van der Waals surface area contributed by atoms with E-state index in [0.717, 1.165) is 14.6 Å².